The Morgan fingerprint density at radius 3 is 1.20 bits per heavy atom. The third-order valence-electron chi connectivity index (χ3n) is 1.96. The number of allylic oxidation sites excluding steroid dienone is 2. The van der Waals surface area contributed by atoms with Crippen LogP contribution in [-0.2, 0) is 0 Å². The van der Waals surface area contributed by atoms with E-state index in [0.717, 1.165) is 12.8 Å². The summed E-state index contributed by atoms with van der Waals surface area (Å²) in [6.45, 7) is 11.1. The van der Waals surface area contributed by atoms with Gasteiger partial charge in [-0.15, -0.1) is 13.2 Å². The number of carbonyl (C=O) groups is 2. The minimum Gasteiger partial charge on any atom is -0.478 e. The number of carboxylic acids is 2. The van der Waals surface area contributed by atoms with Crippen molar-refractivity contribution in [2.75, 3.05) is 0 Å². The van der Waals surface area contributed by atoms with E-state index in [2.05, 4.69) is 27.0 Å². The van der Waals surface area contributed by atoms with Gasteiger partial charge in [-0.1, -0.05) is 26.0 Å². The van der Waals surface area contributed by atoms with Gasteiger partial charge in [-0.2, -0.15) is 0 Å². The monoisotopic (exact) mass is 278 g/mol. The fourth-order valence-electron chi connectivity index (χ4n) is 0.755. The minimum atomic E-state index is -1.06. The molecule has 4 heteroatoms. The molecule has 0 fully saturated rings. The van der Waals surface area contributed by atoms with Gasteiger partial charge in [-0.05, 0) is 37.1 Å². The smallest absolute Gasteiger partial charge is 0.335 e. The van der Waals surface area contributed by atoms with E-state index in [4.69, 9.17) is 10.2 Å². The molecule has 1 aromatic rings. The highest BCUT2D eigenvalue weighted by Crippen LogP contribution is 2.03. The molecule has 0 heterocycles. The molecule has 0 spiro atoms. The average Bonchev–Trinajstić information content (AvgIpc) is 2.47. The standard InChI is InChI=1S/C8H6O4.2C4H8/c9-7(10)5-1-2-6(4-3-5)8(11)12;2*1-3-4-2/h1-4H,(H,9,10)(H,11,12);2*3H,1,4H2,2H3. The molecule has 0 unspecified atom stereocenters. The van der Waals surface area contributed by atoms with Crippen LogP contribution in [0.2, 0.25) is 0 Å². The first-order chi connectivity index (χ1) is 9.44. The molecule has 0 aliphatic rings. The van der Waals surface area contributed by atoms with E-state index in [1.54, 1.807) is 0 Å². The quantitative estimate of drug-likeness (QED) is 0.807. The lowest BCUT2D eigenvalue weighted by molar-refractivity contribution is 0.0681. The van der Waals surface area contributed by atoms with Crippen LogP contribution >= 0.6 is 0 Å². The van der Waals surface area contributed by atoms with E-state index in [1.807, 2.05) is 12.2 Å². The number of aromatic carboxylic acids is 2. The van der Waals surface area contributed by atoms with Gasteiger partial charge in [-0.25, -0.2) is 9.59 Å². The van der Waals surface area contributed by atoms with Crippen LogP contribution < -0.4 is 0 Å². The molecule has 20 heavy (non-hydrogen) atoms. The molecule has 0 saturated carbocycles. The summed E-state index contributed by atoms with van der Waals surface area (Å²) in [7, 11) is 0. The van der Waals surface area contributed by atoms with Gasteiger partial charge in [0.1, 0.15) is 0 Å². The molecule has 0 amide bonds. The molecule has 0 bridgehead atoms. The van der Waals surface area contributed by atoms with Crippen molar-refractivity contribution >= 4 is 11.9 Å². The lowest BCUT2D eigenvalue weighted by atomic mass is 10.1. The summed E-state index contributed by atoms with van der Waals surface area (Å²) in [6, 6.07) is 5.02. The highest BCUT2D eigenvalue weighted by Gasteiger charge is 2.04. The first kappa shape index (κ1) is 20.0. The molecule has 110 valence electrons. The number of hydrogen-bond donors (Lipinski definition) is 2. The molecule has 0 saturated heterocycles. The van der Waals surface area contributed by atoms with Crippen molar-refractivity contribution in [1.29, 1.82) is 0 Å². The predicted molar refractivity (Wildman–Crippen MR) is 81.3 cm³/mol. The van der Waals surface area contributed by atoms with E-state index >= 15 is 0 Å². The zero-order chi connectivity index (χ0) is 16.0. The van der Waals surface area contributed by atoms with Gasteiger partial charge >= 0.3 is 11.9 Å². The van der Waals surface area contributed by atoms with Crippen LogP contribution in [0.5, 0.6) is 0 Å². The molecule has 4 nitrogen and oxygen atoms in total. The SMILES string of the molecule is C=CCC.C=CCC.O=C(O)c1ccc(C(=O)O)cc1. The van der Waals surface area contributed by atoms with Gasteiger partial charge < -0.3 is 10.2 Å². The zero-order valence-corrected chi connectivity index (χ0v) is 12.0. The van der Waals surface area contributed by atoms with Gasteiger partial charge in [-0.3, -0.25) is 0 Å². The van der Waals surface area contributed by atoms with Gasteiger partial charge in [0, 0.05) is 0 Å². The highest BCUT2D eigenvalue weighted by atomic mass is 16.4. The summed E-state index contributed by atoms with van der Waals surface area (Å²) in [4.78, 5) is 20.7. The first-order valence-electron chi connectivity index (χ1n) is 6.22. The molecular weight excluding hydrogens is 256 g/mol. The van der Waals surface area contributed by atoms with E-state index in [-0.39, 0.29) is 11.1 Å². The normalized spacial score (nSPS) is 8.10. The van der Waals surface area contributed by atoms with Crippen molar-refractivity contribution in [2.24, 2.45) is 0 Å². The number of benzene rings is 1. The van der Waals surface area contributed by atoms with Crippen molar-refractivity contribution in [3.8, 4) is 0 Å². The Morgan fingerprint density at radius 1 is 0.900 bits per heavy atom. The summed E-state index contributed by atoms with van der Waals surface area (Å²) < 4.78 is 0. The summed E-state index contributed by atoms with van der Waals surface area (Å²) >= 11 is 0. The fraction of sp³-hybridized carbons (Fsp3) is 0.250. The predicted octanol–water partition coefficient (Wildman–Crippen LogP) is 4.25. The maximum atomic E-state index is 10.3. The second kappa shape index (κ2) is 13.1. The van der Waals surface area contributed by atoms with Gasteiger partial charge in [0.25, 0.3) is 0 Å². The van der Waals surface area contributed by atoms with E-state index in [0.29, 0.717) is 0 Å². The summed E-state index contributed by atoms with van der Waals surface area (Å²) in [5.74, 6) is -2.13. The van der Waals surface area contributed by atoms with Crippen LogP contribution in [0.4, 0.5) is 0 Å². The van der Waals surface area contributed by atoms with Crippen LogP contribution in [0.25, 0.3) is 0 Å². The van der Waals surface area contributed by atoms with Crippen molar-refractivity contribution < 1.29 is 19.8 Å². The fourth-order valence-corrected chi connectivity index (χ4v) is 0.755. The Balaban J connectivity index is 0. The van der Waals surface area contributed by atoms with Crippen molar-refractivity contribution in [1.82, 2.24) is 0 Å². The lowest BCUT2D eigenvalue weighted by Crippen LogP contribution is -1.99. The third kappa shape index (κ3) is 10.8. The minimum absolute atomic E-state index is 0.0833. The second-order valence-electron chi connectivity index (χ2n) is 3.58. The molecule has 2 N–H and O–H groups in total. The average molecular weight is 278 g/mol. The Bertz CT molecular complexity index is 378. The second-order valence-corrected chi connectivity index (χ2v) is 3.58. The largest absolute Gasteiger partial charge is 0.478 e. The van der Waals surface area contributed by atoms with Crippen LogP contribution in [0.15, 0.2) is 49.6 Å². The van der Waals surface area contributed by atoms with Gasteiger partial charge in [0.05, 0.1) is 11.1 Å². The summed E-state index contributed by atoms with van der Waals surface area (Å²) in [6.07, 6.45) is 5.92. The summed E-state index contributed by atoms with van der Waals surface area (Å²) in [5.41, 5.74) is 0.167. The Morgan fingerprint density at radius 2 is 1.10 bits per heavy atom. The molecule has 1 aromatic carbocycles. The zero-order valence-electron chi connectivity index (χ0n) is 12.0. The van der Waals surface area contributed by atoms with Crippen LogP contribution in [-0.4, -0.2) is 22.2 Å². The Labute approximate surface area is 120 Å². The maximum Gasteiger partial charge on any atom is 0.335 e. The van der Waals surface area contributed by atoms with Crippen LogP contribution in [0, 0.1) is 0 Å². The first-order valence-corrected chi connectivity index (χ1v) is 6.22. The van der Waals surface area contributed by atoms with Crippen LogP contribution in [0.1, 0.15) is 47.4 Å². The lowest BCUT2D eigenvalue weighted by Gasteiger charge is -1.94. The van der Waals surface area contributed by atoms with E-state index in [1.165, 1.54) is 24.3 Å². The maximum absolute atomic E-state index is 10.3. The van der Waals surface area contributed by atoms with Crippen molar-refractivity contribution in [3.63, 3.8) is 0 Å². The number of carboxylic acid groups (broad SMARTS) is 2. The molecule has 1 rings (SSSR count). The molecular formula is C16H22O4. The third-order valence-corrected chi connectivity index (χ3v) is 1.96. The van der Waals surface area contributed by atoms with Gasteiger partial charge in [0.2, 0.25) is 0 Å². The molecule has 0 radical (unpaired) electrons. The van der Waals surface area contributed by atoms with Crippen molar-refractivity contribution in [3.05, 3.63) is 60.7 Å². The molecule has 0 aromatic heterocycles. The molecule has 0 atom stereocenters. The van der Waals surface area contributed by atoms with Crippen LogP contribution in [0.3, 0.4) is 0 Å². The molecule has 0 aliphatic heterocycles. The molecule has 0 aliphatic carbocycles. The highest BCUT2D eigenvalue weighted by molar-refractivity contribution is 5.91. The van der Waals surface area contributed by atoms with E-state index < -0.39 is 11.9 Å². The summed E-state index contributed by atoms with van der Waals surface area (Å²) in [5, 5.41) is 16.9. The Kier molecular flexibility index (Phi) is 13.1. The topological polar surface area (TPSA) is 74.6 Å². The number of rotatable bonds is 4. The van der Waals surface area contributed by atoms with E-state index in [9.17, 15) is 9.59 Å². The van der Waals surface area contributed by atoms with Gasteiger partial charge in [0.15, 0.2) is 0 Å². The Hall–Kier alpha value is -2.36. The van der Waals surface area contributed by atoms with Crippen molar-refractivity contribution in [2.45, 2.75) is 26.7 Å². The number of hydrogen-bond acceptors (Lipinski definition) is 2.